The zero-order chi connectivity index (χ0) is 32.9. The monoisotopic (exact) mass is 631 g/mol. The van der Waals surface area contributed by atoms with Crippen LogP contribution in [0.4, 0.5) is 0 Å². The highest BCUT2D eigenvalue weighted by molar-refractivity contribution is 5.70. The average molecular weight is 631 g/mol. The van der Waals surface area contributed by atoms with Crippen LogP contribution in [0.15, 0.2) is 48.6 Å². The van der Waals surface area contributed by atoms with Gasteiger partial charge >= 0.3 is 11.9 Å². The van der Waals surface area contributed by atoms with Crippen LogP contribution in [-0.2, 0) is 19.1 Å². The lowest BCUT2D eigenvalue weighted by molar-refractivity contribution is -0.161. The van der Waals surface area contributed by atoms with Gasteiger partial charge in [0.05, 0.1) is 6.61 Å². The molecular weight excluding hydrogens is 560 g/mol. The van der Waals surface area contributed by atoms with Gasteiger partial charge in [0.15, 0.2) is 6.10 Å². The number of carbonyl (C=O) groups excluding carboxylic acids is 2. The van der Waals surface area contributed by atoms with Crippen molar-refractivity contribution in [3.8, 4) is 0 Å². The number of allylic oxidation sites excluding steroid dienone is 8. The van der Waals surface area contributed by atoms with Gasteiger partial charge in [-0.3, -0.25) is 9.59 Å². The number of hydrogen-bond donors (Lipinski definition) is 1. The van der Waals surface area contributed by atoms with E-state index in [0.29, 0.717) is 12.8 Å². The number of aliphatic hydroxyl groups is 1. The molecule has 0 fully saturated rings. The van der Waals surface area contributed by atoms with Gasteiger partial charge in [-0.05, 0) is 51.4 Å². The third-order valence-electron chi connectivity index (χ3n) is 7.88. The Morgan fingerprint density at radius 2 is 0.911 bits per heavy atom. The quantitative estimate of drug-likeness (QED) is 0.0444. The second kappa shape index (κ2) is 36.3. The summed E-state index contributed by atoms with van der Waals surface area (Å²) in [6.07, 6.45) is 44.6. The van der Waals surface area contributed by atoms with Crippen molar-refractivity contribution in [1.29, 1.82) is 0 Å². The molecule has 1 N–H and O–H groups in total. The van der Waals surface area contributed by atoms with E-state index in [1.165, 1.54) is 96.3 Å². The van der Waals surface area contributed by atoms with Crippen LogP contribution in [0.5, 0.6) is 0 Å². The molecule has 0 aliphatic rings. The molecular formula is C40H70O5. The van der Waals surface area contributed by atoms with E-state index in [0.717, 1.165) is 44.9 Å². The molecule has 0 aromatic heterocycles. The van der Waals surface area contributed by atoms with E-state index in [1.807, 2.05) is 0 Å². The van der Waals surface area contributed by atoms with Crippen molar-refractivity contribution < 1.29 is 24.2 Å². The van der Waals surface area contributed by atoms with Crippen molar-refractivity contribution >= 4 is 11.9 Å². The molecule has 5 nitrogen and oxygen atoms in total. The van der Waals surface area contributed by atoms with Crippen molar-refractivity contribution in [3.05, 3.63) is 48.6 Å². The zero-order valence-corrected chi connectivity index (χ0v) is 29.4. The van der Waals surface area contributed by atoms with Gasteiger partial charge < -0.3 is 14.6 Å². The second-order valence-electron chi connectivity index (χ2n) is 12.3. The maximum absolute atomic E-state index is 12.1. The van der Waals surface area contributed by atoms with Crippen molar-refractivity contribution in [3.63, 3.8) is 0 Å². The summed E-state index contributed by atoms with van der Waals surface area (Å²) < 4.78 is 10.5. The molecule has 0 unspecified atom stereocenters. The van der Waals surface area contributed by atoms with Crippen molar-refractivity contribution in [2.24, 2.45) is 0 Å². The molecule has 0 amide bonds. The van der Waals surface area contributed by atoms with Crippen molar-refractivity contribution in [2.45, 2.75) is 180 Å². The predicted molar refractivity (Wildman–Crippen MR) is 191 cm³/mol. The number of aliphatic hydroxyl groups excluding tert-OH is 1. The van der Waals surface area contributed by atoms with Gasteiger partial charge in [0.2, 0.25) is 0 Å². The van der Waals surface area contributed by atoms with Crippen LogP contribution in [0.2, 0.25) is 0 Å². The van der Waals surface area contributed by atoms with Crippen LogP contribution in [0.1, 0.15) is 174 Å². The minimum Gasteiger partial charge on any atom is -0.462 e. The highest BCUT2D eigenvalue weighted by atomic mass is 16.6. The van der Waals surface area contributed by atoms with Gasteiger partial charge in [0.1, 0.15) is 6.61 Å². The van der Waals surface area contributed by atoms with Crippen molar-refractivity contribution in [1.82, 2.24) is 0 Å². The number of rotatable bonds is 33. The first kappa shape index (κ1) is 42.9. The molecule has 0 saturated carbocycles. The van der Waals surface area contributed by atoms with Crippen LogP contribution in [-0.4, -0.2) is 36.4 Å². The molecule has 0 aliphatic heterocycles. The average Bonchev–Trinajstić information content (AvgIpc) is 3.04. The summed E-state index contributed by atoms with van der Waals surface area (Å²) >= 11 is 0. The van der Waals surface area contributed by atoms with Gasteiger partial charge in [0, 0.05) is 12.8 Å². The van der Waals surface area contributed by atoms with Gasteiger partial charge in [0.25, 0.3) is 0 Å². The third kappa shape index (κ3) is 34.6. The fraction of sp³-hybridized carbons (Fsp3) is 0.750. The Morgan fingerprint density at radius 1 is 0.511 bits per heavy atom. The second-order valence-corrected chi connectivity index (χ2v) is 12.3. The van der Waals surface area contributed by atoms with E-state index in [1.54, 1.807) is 0 Å². The first-order valence-corrected chi connectivity index (χ1v) is 18.7. The Kier molecular flexibility index (Phi) is 34.6. The Bertz CT molecular complexity index is 767. The Balaban J connectivity index is 3.69. The molecule has 260 valence electrons. The smallest absolute Gasteiger partial charge is 0.306 e. The van der Waals surface area contributed by atoms with Gasteiger partial charge in [-0.15, -0.1) is 0 Å². The third-order valence-corrected chi connectivity index (χ3v) is 7.88. The lowest BCUT2D eigenvalue weighted by Gasteiger charge is -2.15. The molecule has 0 spiro atoms. The van der Waals surface area contributed by atoms with Crippen LogP contribution < -0.4 is 0 Å². The molecule has 0 saturated heterocycles. The Labute approximate surface area is 278 Å². The van der Waals surface area contributed by atoms with Crippen LogP contribution in [0.3, 0.4) is 0 Å². The highest BCUT2D eigenvalue weighted by Crippen LogP contribution is 2.12. The first-order valence-electron chi connectivity index (χ1n) is 18.7. The predicted octanol–water partition coefficient (Wildman–Crippen LogP) is 11.5. The van der Waals surface area contributed by atoms with E-state index in [9.17, 15) is 14.7 Å². The molecule has 5 heteroatoms. The van der Waals surface area contributed by atoms with E-state index in [2.05, 4.69) is 62.5 Å². The van der Waals surface area contributed by atoms with Crippen molar-refractivity contribution in [2.75, 3.05) is 13.2 Å². The number of esters is 2. The summed E-state index contributed by atoms with van der Waals surface area (Å²) in [4.78, 5) is 24.1. The molecule has 0 radical (unpaired) electrons. The minimum atomic E-state index is -0.796. The molecule has 0 aliphatic carbocycles. The zero-order valence-electron chi connectivity index (χ0n) is 29.4. The fourth-order valence-electron chi connectivity index (χ4n) is 5.02. The van der Waals surface area contributed by atoms with Crippen LogP contribution in [0.25, 0.3) is 0 Å². The fourth-order valence-corrected chi connectivity index (χ4v) is 5.02. The highest BCUT2D eigenvalue weighted by Gasteiger charge is 2.15. The minimum absolute atomic E-state index is 0.0870. The van der Waals surface area contributed by atoms with Gasteiger partial charge in [-0.1, -0.05) is 159 Å². The van der Waals surface area contributed by atoms with Crippen LogP contribution in [0, 0.1) is 0 Å². The first-order chi connectivity index (χ1) is 22.1. The van der Waals surface area contributed by atoms with Gasteiger partial charge in [-0.2, -0.15) is 0 Å². The maximum Gasteiger partial charge on any atom is 0.306 e. The summed E-state index contributed by atoms with van der Waals surface area (Å²) in [5.74, 6) is -0.659. The van der Waals surface area contributed by atoms with E-state index >= 15 is 0 Å². The summed E-state index contributed by atoms with van der Waals surface area (Å²) in [7, 11) is 0. The molecule has 0 rings (SSSR count). The number of unbranched alkanes of at least 4 members (excludes halogenated alkanes) is 17. The topological polar surface area (TPSA) is 72.8 Å². The largest absolute Gasteiger partial charge is 0.462 e. The number of carbonyl (C=O) groups is 2. The summed E-state index contributed by atoms with van der Waals surface area (Å²) in [6, 6.07) is 0. The molecule has 0 aromatic carbocycles. The molecule has 0 bridgehead atoms. The molecule has 0 aromatic rings. The normalized spacial score (nSPS) is 12.7. The lowest BCUT2D eigenvalue weighted by atomic mass is 10.1. The summed E-state index contributed by atoms with van der Waals surface area (Å²) in [5.41, 5.74) is 0. The van der Waals surface area contributed by atoms with E-state index < -0.39 is 6.10 Å². The molecule has 1 atom stereocenters. The number of hydrogen-bond acceptors (Lipinski definition) is 5. The lowest BCUT2D eigenvalue weighted by Crippen LogP contribution is -2.28. The molecule has 45 heavy (non-hydrogen) atoms. The van der Waals surface area contributed by atoms with E-state index in [4.69, 9.17) is 9.47 Å². The Morgan fingerprint density at radius 3 is 1.40 bits per heavy atom. The van der Waals surface area contributed by atoms with E-state index in [-0.39, 0.29) is 31.6 Å². The van der Waals surface area contributed by atoms with Crippen LogP contribution >= 0.6 is 0 Å². The Hall–Kier alpha value is -2.14. The van der Waals surface area contributed by atoms with Gasteiger partial charge in [-0.25, -0.2) is 0 Å². The summed E-state index contributed by atoms with van der Waals surface area (Å²) in [6.45, 7) is 4.06. The summed E-state index contributed by atoms with van der Waals surface area (Å²) in [5, 5.41) is 9.51. The SMILES string of the molecule is CCCCCCCCC/C=C/C/C=C/C/C=C/C/C=C/CCCC(=O)O[C@@H](CO)COC(=O)CCCCCCCCCCCC. The standard InChI is InChI=1S/C40H70O5/c1-3-5-7-9-11-13-15-16-17-18-19-20-21-22-23-24-25-27-29-31-33-35-40(43)45-38(36-41)37-44-39(42)34-32-30-28-26-14-12-10-8-6-4-2/h17-18,20-21,23-24,27,29,38,41H,3-16,19,22,25-26,28,30-37H2,1-2H3/b18-17+,21-20+,24-23+,29-27+/t38-/m0/s1. The maximum atomic E-state index is 12.1. The molecule has 0 heterocycles. The number of ether oxygens (including phenoxy) is 2.